The van der Waals surface area contributed by atoms with Gasteiger partial charge in [0.1, 0.15) is 6.07 Å². The van der Waals surface area contributed by atoms with Gasteiger partial charge in [0, 0.05) is 5.56 Å². The van der Waals surface area contributed by atoms with E-state index in [-0.39, 0.29) is 0 Å². The van der Waals surface area contributed by atoms with Crippen LogP contribution in [-0.4, -0.2) is 4.98 Å². The molecule has 0 radical (unpaired) electrons. The van der Waals surface area contributed by atoms with E-state index in [2.05, 4.69) is 10.4 Å². The number of nitrogen functional groups attached to an aromatic ring is 1. The van der Waals surface area contributed by atoms with Gasteiger partial charge in [0.2, 0.25) is 0 Å². The van der Waals surface area contributed by atoms with Gasteiger partial charge in [-0.3, -0.25) is 0 Å². The molecule has 0 amide bonds. The Kier molecular flexibility index (Phi) is 3.68. The van der Waals surface area contributed by atoms with E-state index in [4.69, 9.17) is 34.3 Å². The Morgan fingerprint density at radius 1 is 1.17 bits per heavy atom. The number of nitrogens with two attached hydrogens (primary N) is 1. The summed E-state index contributed by atoms with van der Waals surface area (Å²) in [6.07, 6.45) is 0. The van der Waals surface area contributed by atoms with Crippen molar-refractivity contribution in [2.75, 3.05) is 5.43 Å². The van der Waals surface area contributed by atoms with Gasteiger partial charge in [0.05, 0.1) is 21.3 Å². The van der Waals surface area contributed by atoms with Crippen LogP contribution in [0.1, 0.15) is 5.56 Å². The molecule has 0 aliphatic heterocycles. The highest BCUT2D eigenvalue weighted by Crippen LogP contribution is 2.28. The van der Waals surface area contributed by atoms with E-state index in [1.165, 1.54) is 0 Å². The smallest absolute Gasteiger partial charge is 0.158 e. The van der Waals surface area contributed by atoms with Gasteiger partial charge in [-0.15, -0.1) is 0 Å². The van der Waals surface area contributed by atoms with Crippen molar-refractivity contribution in [3.8, 4) is 17.3 Å². The van der Waals surface area contributed by atoms with Crippen LogP contribution in [0.25, 0.3) is 11.3 Å². The van der Waals surface area contributed by atoms with Crippen LogP contribution >= 0.6 is 23.2 Å². The van der Waals surface area contributed by atoms with Gasteiger partial charge in [-0.25, -0.2) is 10.8 Å². The fraction of sp³-hybridized carbons (Fsp3) is 0. The summed E-state index contributed by atoms with van der Waals surface area (Å²) in [6.45, 7) is 0. The van der Waals surface area contributed by atoms with Crippen LogP contribution in [-0.2, 0) is 0 Å². The maximum atomic E-state index is 8.87. The van der Waals surface area contributed by atoms with E-state index in [0.29, 0.717) is 27.1 Å². The number of nitrogens with one attached hydrogen (secondary N) is 1. The van der Waals surface area contributed by atoms with E-state index in [9.17, 15) is 0 Å². The summed E-state index contributed by atoms with van der Waals surface area (Å²) in [5, 5.41) is 9.79. The fourth-order valence-electron chi connectivity index (χ4n) is 1.48. The Morgan fingerprint density at radius 2 is 1.94 bits per heavy atom. The molecule has 1 aromatic heterocycles. The lowest BCUT2D eigenvalue weighted by Crippen LogP contribution is -2.10. The number of nitrogens with zero attached hydrogens (tertiary/aromatic N) is 2. The maximum absolute atomic E-state index is 8.87. The first-order chi connectivity index (χ1) is 8.65. The zero-order valence-corrected chi connectivity index (χ0v) is 10.6. The lowest BCUT2D eigenvalue weighted by Gasteiger charge is -2.06. The third kappa shape index (κ3) is 2.39. The summed E-state index contributed by atoms with van der Waals surface area (Å²) < 4.78 is 0. The van der Waals surface area contributed by atoms with Crippen LogP contribution in [0, 0.1) is 11.3 Å². The Balaban J connectivity index is 2.51. The molecule has 0 atom stereocenters. The molecule has 0 bridgehead atoms. The summed E-state index contributed by atoms with van der Waals surface area (Å²) in [6, 6.07) is 10.5. The predicted molar refractivity (Wildman–Crippen MR) is 72.2 cm³/mol. The second kappa shape index (κ2) is 5.23. The quantitative estimate of drug-likeness (QED) is 0.653. The van der Waals surface area contributed by atoms with Gasteiger partial charge < -0.3 is 5.43 Å². The molecule has 2 rings (SSSR count). The number of anilines is 1. The minimum atomic E-state index is 0.320. The zero-order chi connectivity index (χ0) is 13.1. The van der Waals surface area contributed by atoms with Crippen LogP contribution in [0.5, 0.6) is 0 Å². The van der Waals surface area contributed by atoms with Crippen LogP contribution in [0.3, 0.4) is 0 Å². The standard InChI is InChI=1S/C12H8Cl2N4/c13-9-3-1-7(5-10(9)14)11-4-2-8(6-15)12(17-11)18-16/h1-5H,16H2,(H,17,18). The molecule has 0 saturated heterocycles. The van der Waals surface area contributed by atoms with Crippen LogP contribution < -0.4 is 11.3 Å². The van der Waals surface area contributed by atoms with Crippen molar-refractivity contribution in [1.29, 1.82) is 5.26 Å². The van der Waals surface area contributed by atoms with Crippen molar-refractivity contribution in [1.82, 2.24) is 4.98 Å². The van der Waals surface area contributed by atoms with Crippen molar-refractivity contribution in [2.45, 2.75) is 0 Å². The number of benzene rings is 1. The van der Waals surface area contributed by atoms with Gasteiger partial charge >= 0.3 is 0 Å². The van der Waals surface area contributed by atoms with Crippen LogP contribution in [0.4, 0.5) is 5.82 Å². The van der Waals surface area contributed by atoms with Crippen LogP contribution in [0.15, 0.2) is 30.3 Å². The summed E-state index contributed by atoms with van der Waals surface area (Å²) in [5.74, 6) is 5.64. The average Bonchev–Trinajstić information content (AvgIpc) is 2.41. The van der Waals surface area contributed by atoms with Crippen molar-refractivity contribution in [2.24, 2.45) is 5.84 Å². The highest BCUT2D eigenvalue weighted by atomic mass is 35.5. The molecule has 0 unspecified atom stereocenters. The number of hydrazine groups is 1. The topological polar surface area (TPSA) is 74.7 Å². The molecule has 90 valence electrons. The van der Waals surface area contributed by atoms with Gasteiger partial charge in [-0.2, -0.15) is 5.26 Å². The third-order valence-corrected chi connectivity index (χ3v) is 3.11. The minimum absolute atomic E-state index is 0.320. The highest BCUT2D eigenvalue weighted by Gasteiger charge is 2.07. The first-order valence-corrected chi connectivity index (χ1v) is 5.74. The molecule has 6 heteroatoms. The van der Waals surface area contributed by atoms with E-state index in [0.717, 1.165) is 5.56 Å². The number of rotatable bonds is 2. The number of hydrogen-bond donors (Lipinski definition) is 2. The molecule has 0 aliphatic carbocycles. The number of pyridine rings is 1. The monoisotopic (exact) mass is 278 g/mol. The SMILES string of the molecule is N#Cc1ccc(-c2ccc(Cl)c(Cl)c2)nc1NN. The van der Waals surface area contributed by atoms with Crippen molar-refractivity contribution in [3.05, 3.63) is 45.9 Å². The Labute approximate surface area is 114 Å². The molecule has 18 heavy (non-hydrogen) atoms. The molecule has 0 saturated carbocycles. The summed E-state index contributed by atoms with van der Waals surface area (Å²) in [7, 11) is 0. The third-order valence-electron chi connectivity index (χ3n) is 2.37. The fourth-order valence-corrected chi connectivity index (χ4v) is 1.77. The second-order valence-corrected chi connectivity index (χ2v) is 4.29. The number of halogens is 2. The largest absolute Gasteiger partial charge is 0.307 e. The molecule has 0 fully saturated rings. The molecular weight excluding hydrogens is 271 g/mol. The van der Waals surface area contributed by atoms with Crippen molar-refractivity contribution >= 4 is 29.0 Å². The second-order valence-electron chi connectivity index (χ2n) is 3.48. The highest BCUT2D eigenvalue weighted by molar-refractivity contribution is 6.42. The number of hydrogen-bond acceptors (Lipinski definition) is 4. The van der Waals surface area contributed by atoms with E-state index >= 15 is 0 Å². The zero-order valence-electron chi connectivity index (χ0n) is 9.11. The maximum Gasteiger partial charge on any atom is 0.158 e. The summed E-state index contributed by atoms with van der Waals surface area (Å²) in [4.78, 5) is 4.24. The molecule has 3 N–H and O–H groups in total. The molecule has 2 aromatic rings. The predicted octanol–water partition coefficient (Wildman–Crippen LogP) is 3.21. The molecular formula is C12H8Cl2N4. The van der Waals surface area contributed by atoms with Gasteiger partial charge in [-0.1, -0.05) is 29.3 Å². The van der Waals surface area contributed by atoms with Crippen molar-refractivity contribution in [3.63, 3.8) is 0 Å². The van der Waals surface area contributed by atoms with Crippen LogP contribution in [0.2, 0.25) is 10.0 Å². The minimum Gasteiger partial charge on any atom is -0.307 e. The van der Waals surface area contributed by atoms with Gasteiger partial charge in [0.25, 0.3) is 0 Å². The normalized spacial score (nSPS) is 9.89. The lowest BCUT2D eigenvalue weighted by atomic mass is 10.1. The lowest BCUT2D eigenvalue weighted by molar-refractivity contribution is 1.21. The average molecular weight is 279 g/mol. The van der Waals surface area contributed by atoms with Gasteiger partial charge in [-0.05, 0) is 24.3 Å². The summed E-state index contributed by atoms with van der Waals surface area (Å²) in [5.41, 5.74) is 4.22. The molecule has 0 aliphatic rings. The molecule has 1 aromatic carbocycles. The first kappa shape index (κ1) is 12.7. The Morgan fingerprint density at radius 3 is 2.56 bits per heavy atom. The van der Waals surface area contributed by atoms with E-state index < -0.39 is 0 Å². The van der Waals surface area contributed by atoms with E-state index in [1.54, 1.807) is 30.3 Å². The molecule has 1 heterocycles. The first-order valence-electron chi connectivity index (χ1n) is 4.99. The molecule has 0 spiro atoms. The van der Waals surface area contributed by atoms with Gasteiger partial charge in [0.15, 0.2) is 5.82 Å². The number of aromatic nitrogens is 1. The number of nitriles is 1. The summed E-state index contributed by atoms with van der Waals surface area (Å²) >= 11 is 11.8. The van der Waals surface area contributed by atoms with Crippen molar-refractivity contribution < 1.29 is 0 Å². The Hall–Kier alpha value is -1.80. The van der Waals surface area contributed by atoms with E-state index in [1.807, 2.05) is 6.07 Å². The molecule has 4 nitrogen and oxygen atoms in total. The Bertz CT molecular complexity index is 634.